The Kier molecular flexibility index (Phi) is 4.52. The van der Waals surface area contributed by atoms with Crippen LogP contribution < -0.4 is 0 Å². The van der Waals surface area contributed by atoms with Crippen molar-refractivity contribution in [2.24, 2.45) is 0 Å². The van der Waals surface area contributed by atoms with Crippen molar-refractivity contribution in [3.05, 3.63) is 28.5 Å². The summed E-state index contributed by atoms with van der Waals surface area (Å²) in [7, 11) is 0. The fourth-order valence-corrected chi connectivity index (χ4v) is 2.51. The number of hydrogen-bond donors (Lipinski definition) is 0. The molecule has 2 heterocycles. The van der Waals surface area contributed by atoms with Gasteiger partial charge in [-0.15, -0.1) is 0 Å². The van der Waals surface area contributed by atoms with Gasteiger partial charge in [0, 0.05) is 6.54 Å². The number of rotatable bonds is 3. The number of aromatic nitrogens is 1. The normalized spacial score (nSPS) is 18.4. The Balaban J connectivity index is 2.16. The molecule has 1 amide bonds. The lowest BCUT2D eigenvalue weighted by Gasteiger charge is -2.22. The zero-order valence-electron chi connectivity index (χ0n) is 10.6. The van der Waals surface area contributed by atoms with Crippen LogP contribution in [0.1, 0.15) is 30.3 Å². The van der Waals surface area contributed by atoms with Crippen LogP contribution in [0, 0.1) is 0 Å². The van der Waals surface area contributed by atoms with Gasteiger partial charge in [-0.3, -0.25) is 4.79 Å². The van der Waals surface area contributed by atoms with Crippen LogP contribution in [0.15, 0.2) is 22.8 Å². The van der Waals surface area contributed by atoms with Gasteiger partial charge in [0.1, 0.15) is 16.3 Å². The topological polar surface area (TPSA) is 59.5 Å². The summed E-state index contributed by atoms with van der Waals surface area (Å²) < 4.78 is 5.61. The lowest BCUT2D eigenvalue weighted by molar-refractivity contribution is -0.147. The van der Waals surface area contributed by atoms with Gasteiger partial charge in [-0.05, 0) is 47.8 Å². The first-order valence-corrected chi connectivity index (χ1v) is 7.03. The van der Waals surface area contributed by atoms with E-state index in [1.54, 1.807) is 30.0 Å². The lowest BCUT2D eigenvalue weighted by Crippen LogP contribution is -2.41. The average molecular weight is 327 g/mol. The maximum Gasteiger partial charge on any atom is 0.328 e. The Bertz CT molecular complexity index is 493. The number of pyridine rings is 1. The standard InChI is InChI=1S/C13H15BrN2O3/c1-2-19-13(18)10-6-4-8-16(10)12(17)9-5-3-7-11(14)15-9/h3,5,7,10H,2,4,6,8H2,1H3. The number of hydrogen-bond acceptors (Lipinski definition) is 4. The molecule has 6 heteroatoms. The summed E-state index contributed by atoms with van der Waals surface area (Å²) in [4.78, 5) is 29.8. The third-order valence-electron chi connectivity index (χ3n) is 3.01. The van der Waals surface area contributed by atoms with Crippen molar-refractivity contribution in [1.82, 2.24) is 9.88 Å². The first-order valence-electron chi connectivity index (χ1n) is 6.23. The highest BCUT2D eigenvalue weighted by Gasteiger charge is 2.35. The van der Waals surface area contributed by atoms with E-state index >= 15 is 0 Å². The predicted molar refractivity (Wildman–Crippen MR) is 72.6 cm³/mol. The zero-order valence-corrected chi connectivity index (χ0v) is 12.2. The van der Waals surface area contributed by atoms with Crippen LogP contribution in [0.5, 0.6) is 0 Å². The Hall–Kier alpha value is -1.43. The Labute approximate surface area is 120 Å². The molecule has 0 N–H and O–H groups in total. The molecule has 0 aliphatic carbocycles. The molecular formula is C13H15BrN2O3. The molecule has 2 rings (SSSR count). The zero-order chi connectivity index (χ0) is 13.8. The highest BCUT2D eigenvalue weighted by atomic mass is 79.9. The van der Waals surface area contributed by atoms with Gasteiger partial charge >= 0.3 is 5.97 Å². The van der Waals surface area contributed by atoms with Crippen LogP contribution in [0.25, 0.3) is 0 Å². The monoisotopic (exact) mass is 326 g/mol. The highest BCUT2D eigenvalue weighted by molar-refractivity contribution is 9.10. The summed E-state index contributed by atoms with van der Waals surface area (Å²) >= 11 is 3.23. The highest BCUT2D eigenvalue weighted by Crippen LogP contribution is 2.21. The Morgan fingerprint density at radius 1 is 1.53 bits per heavy atom. The van der Waals surface area contributed by atoms with Crippen molar-refractivity contribution < 1.29 is 14.3 Å². The Morgan fingerprint density at radius 3 is 3.00 bits per heavy atom. The van der Waals surface area contributed by atoms with E-state index in [2.05, 4.69) is 20.9 Å². The van der Waals surface area contributed by atoms with Gasteiger partial charge in [-0.1, -0.05) is 6.07 Å². The number of nitrogens with zero attached hydrogens (tertiary/aromatic N) is 2. The second kappa shape index (κ2) is 6.14. The molecule has 1 aromatic heterocycles. The van der Waals surface area contributed by atoms with E-state index in [9.17, 15) is 9.59 Å². The minimum absolute atomic E-state index is 0.225. The van der Waals surface area contributed by atoms with E-state index in [4.69, 9.17) is 4.74 Å². The van der Waals surface area contributed by atoms with Gasteiger partial charge in [0.05, 0.1) is 6.61 Å². The maximum atomic E-state index is 12.4. The molecule has 1 saturated heterocycles. The molecule has 0 aromatic carbocycles. The maximum absolute atomic E-state index is 12.4. The Morgan fingerprint density at radius 2 is 2.32 bits per heavy atom. The molecule has 1 aromatic rings. The van der Waals surface area contributed by atoms with Crippen molar-refractivity contribution in [3.8, 4) is 0 Å². The number of ether oxygens (including phenoxy) is 1. The van der Waals surface area contributed by atoms with E-state index in [0.29, 0.717) is 29.9 Å². The lowest BCUT2D eigenvalue weighted by atomic mass is 10.2. The van der Waals surface area contributed by atoms with Crippen LogP contribution in [0.2, 0.25) is 0 Å². The largest absolute Gasteiger partial charge is 0.464 e. The van der Waals surface area contributed by atoms with Crippen LogP contribution >= 0.6 is 15.9 Å². The van der Waals surface area contributed by atoms with Gasteiger partial charge < -0.3 is 9.64 Å². The molecule has 0 saturated carbocycles. The molecule has 0 radical (unpaired) electrons. The van der Waals surface area contributed by atoms with E-state index in [0.717, 1.165) is 6.42 Å². The summed E-state index contributed by atoms with van der Waals surface area (Å²) in [6, 6.07) is 4.67. The molecule has 102 valence electrons. The molecular weight excluding hydrogens is 312 g/mol. The molecule has 1 aliphatic rings. The van der Waals surface area contributed by atoms with E-state index in [-0.39, 0.29) is 11.9 Å². The smallest absolute Gasteiger partial charge is 0.328 e. The second-order valence-electron chi connectivity index (χ2n) is 4.25. The quantitative estimate of drug-likeness (QED) is 0.629. The van der Waals surface area contributed by atoms with Crippen molar-refractivity contribution in [2.45, 2.75) is 25.8 Å². The third kappa shape index (κ3) is 3.12. The molecule has 19 heavy (non-hydrogen) atoms. The van der Waals surface area contributed by atoms with E-state index in [1.807, 2.05) is 0 Å². The second-order valence-corrected chi connectivity index (χ2v) is 5.07. The van der Waals surface area contributed by atoms with Gasteiger partial charge in [0.25, 0.3) is 5.91 Å². The molecule has 1 unspecified atom stereocenters. The van der Waals surface area contributed by atoms with Crippen molar-refractivity contribution in [3.63, 3.8) is 0 Å². The van der Waals surface area contributed by atoms with Crippen LogP contribution in [-0.4, -0.2) is 41.0 Å². The number of amides is 1. The molecule has 1 aliphatic heterocycles. The predicted octanol–water partition coefficient (Wildman–Crippen LogP) is 2.01. The number of carbonyl (C=O) groups is 2. The first-order chi connectivity index (χ1) is 9.13. The van der Waals surface area contributed by atoms with Crippen molar-refractivity contribution in [1.29, 1.82) is 0 Å². The minimum atomic E-state index is -0.478. The molecule has 1 atom stereocenters. The van der Waals surface area contributed by atoms with Crippen molar-refractivity contribution in [2.75, 3.05) is 13.2 Å². The minimum Gasteiger partial charge on any atom is -0.464 e. The number of halogens is 1. The first kappa shape index (κ1) is 14.0. The van der Waals surface area contributed by atoms with Gasteiger partial charge in [0.2, 0.25) is 0 Å². The summed E-state index contributed by atoms with van der Waals surface area (Å²) in [5.41, 5.74) is 0.338. The fourth-order valence-electron chi connectivity index (χ4n) is 2.17. The number of carbonyl (C=O) groups excluding carboxylic acids is 2. The molecule has 0 spiro atoms. The fraction of sp³-hybridized carbons (Fsp3) is 0.462. The summed E-state index contributed by atoms with van der Waals surface area (Å²) in [6.07, 6.45) is 1.46. The van der Waals surface area contributed by atoms with Gasteiger partial charge in [-0.2, -0.15) is 0 Å². The van der Waals surface area contributed by atoms with E-state index < -0.39 is 6.04 Å². The summed E-state index contributed by atoms with van der Waals surface area (Å²) in [5, 5.41) is 0. The SMILES string of the molecule is CCOC(=O)C1CCCN1C(=O)c1cccc(Br)n1. The summed E-state index contributed by atoms with van der Waals surface area (Å²) in [6.45, 7) is 2.65. The average Bonchev–Trinajstić information content (AvgIpc) is 2.87. The number of esters is 1. The number of likely N-dealkylation sites (tertiary alicyclic amines) is 1. The molecule has 0 bridgehead atoms. The van der Waals surface area contributed by atoms with Crippen LogP contribution in [-0.2, 0) is 9.53 Å². The van der Waals surface area contributed by atoms with E-state index in [1.165, 1.54) is 0 Å². The summed E-state index contributed by atoms with van der Waals surface area (Å²) in [5.74, 6) is -0.555. The molecule has 5 nitrogen and oxygen atoms in total. The van der Waals surface area contributed by atoms with Crippen molar-refractivity contribution >= 4 is 27.8 Å². The molecule has 1 fully saturated rings. The van der Waals surface area contributed by atoms with Crippen LogP contribution in [0.4, 0.5) is 0 Å². The van der Waals surface area contributed by atoms with Gasteiger partial charge in [-0.25, -0.2) is 9.78 Å². The van der Waals surface area contributed by atoms with Crippen LogP contribution in [0.3, 0.4) is 0 Å². The van der Waals surface area contributed by atoms with Gasteiger partial charge in [0.15, 0.2) is 0 Å². The third-order valence-corrected chi connectivity index (χ3v) is 3.45.